The highest BCUT2D eigenvalue weighted by Gasteiger charge is 2.37. The van der Waals surface area contributed by atoms with Crippen molar-refractivity contribution in [3.63, 3.8) is 0 Å². The lowest BCUT2D eigenvalue weighted by atomic mass is 10.0. The van der Waals surface area contributed by atoms with E-state index in [-0.39, 0.29) is 34.5 Å². The van der Waals surface area contributed by atoms with E-state index < -0.39 is 50.8 Å². The lowest BCUT2D eigenvalue weighted by molar-refractivity contribution is -0.143. The summed E-state index contributed by atoms with van der Waals surface area (Å²) in [7, 11) is -3.56. The average molecular weight is 479 g/mol. The van der Waals surface area contributed by atoms with Crippen molar-refractivity contribution in [3.05, 3.63) is 59.2 Å². The highest BCUT2D eigenvalue weighted by molar-refractivity contribution is 7.90. The van der Waals surface area contributed by atoms with Crippen molar-refractivity contribution in [2.45, 2.75) is 17.2 Å². The van der Waals surface area contributed by atoms with Crippen LogP contribution in [0.15, 0.2) is 51.8 Å². The molecule has 0 aliphatic carbocycles. The first-order chi connectivity index (χ1) is 14.6. The molecule has 0 bridgehead atoms. The second-order valence-electron chi connectivity index (χ2n) is 6.46. The third kappa shape index (κ3) is 5.25. The van der Waals surface area contributed by atoms with Crippen LogP contribution >= 0.6 is 0 Å². The highest BCUT2D eigenvalue weighted by atomic mass is 32.2. The maximum absolute atomic E-state index is 13.0. The quantitative estimate of drug-likeness (QED) is 0.556. The predicted molar refractivity (Wildman–Crippen MR) is 97.2 cm³/mol. The number of hydrogen-bond donors (Lipinski definition) is 1. The molecule has 3 aromatic rings. The third-order valence-electron chi connectivity index (χ3n) is 4.00. The molecule has 3 rings (SSSR count). The fraction of sp³-hybridized carbons (Fsp3) is 0.167. The van der Waals surface area contributed by atoms with Gasteiger partial charge in [0.2, 0.25) is 5.89 Å². The van der Waals surface area contributed by atoms with Crippen LogP contribution in [0.3, 0.4) is 0 Å². The van der Waals surface area contributed by atoms with Gasteiger partial charge in [-0.1, -0.05) is 11.2 Å². The van der Waals surface area contributed by atoms with Crippen LogP contribution in [0.2, 0.25) is 0 Å². The Morgan fingerprint density at radius 3 is 2.06 bits per heavy atom. The molecule has 0 aliphatic heterocycles. The number of hydrogen-bond acceptors (Lipinski definition) is 6. The average Bonchev–Trinajstić information content (AvgIpc) is 3.14. The van der Waals surface area contributed by atoms with E-state index in [1.165, 1.54) is 24.3 Å². The lowest BCUT2D eigenvalue weighted by Crippen LogP contribution is -2.17. The van der Waals surface area contributed by atoms with E-state index in [1.807, 2.05) is 5.32 Å². The minimum absolute atomic E-state index is 0.0672. The van der Waals surface area contributed by atoms with Crippen LogP contribution in [0, 0.1) is 0 Å². The maximum atomic E-state index is 13.0. The molecule has 2 aromatic carbocycles. The Balaban J connectivity index is 1.90. The van der Waals surface area contributed by atoms with E-state index in [0.29, 0.717) is 0 Å². The minimum Gasteiger partial charge on any atom is -0.403 e. The van der Waals surface area contributed by atoms with Gasteiger partial charge in [0.05, 0.1) is 16.0 Å². The van der Waals surface area contributed by atoms with Gasteiger partial charge in [-0.15, -0.1) is 5.10 Å². The zero-order valence-electron chi connectivity index (χ0n) is 15.7. The second-order valence-corrected chi connectivity index (χ2v) is 8.48. The number of benzene rings is 2. The molecule has 0 saturated carbocycles. The Morgan fingerprint density at radius 1 is 0.938 bits per heavy atom. The van der Waals surface area contributed by atoms with E-state index in [2.05, 4.69) is 10.2 Å². The molecular weight excluding hydrogens is 468 g/mol. The summed E-state index contributed by atoms with van der Waals surface area (Å²) >= 11 is 0. The fourth-order valence-electron chi connectivity index (χ4n) is 2.51. The smallest absolute Gasteiger partial charge is 0.403 e. The van der Waals surface area contributed by atoms with Gasteiger partial charge >= 0.3 is 18.4 Å². The topological polar surface area (TPSA) is 102 Å². The molecule has 0 saturated heterocycles. The van der Waals surface area contributed by atoms with E-state index >= 15 is 0 Å². The Kier molecular flexibility index (Phi) is 5.76. The van der Waals surface area contributed by atoms with Gasteiger partial charge in [-0.05, 0) is 36.4 Å². The summed E-state index contributed by atoms with van der Waals surface area (Å²) in [5.41, 5.74) is -4.12. The standard InChI is InChI=1S/C18H11F6N3O4S/c1-32(29,30)13-4-2-3-9(7-13)15-26-27-16(31-15)25-14(28)10-5-11(17(19,20)21)8-12(6-10)18(22,23)24/h2-8H,1H3,(H,25,27,28). The molecule has 170 valence electrons. The van der Waals surface area contributed by atoms with Gasteiger partial charge in [0, 0.05) is 17.4 Å². The minimum atomic E-state index is -5.13. The van der Waals surface area contributed by atoms with Crippen molar-refractivity contribution in [2.24, 2.45) is 0 Å². The van der Waals surface area contributed by atoms with Crippen molar-refractivity contribution in [1.29, 1.82) is 0 Å². The van der Waals surface area contributed by atoms with Gasteiger partial charge in [0.25, 0.3) is 5.91 Å². The van der Waals surface area contributed by atoms with Gasteiger partial charge < -0.3 is 4.42 Å². The molecule has 1 aromatic heterocycles. The van der Waals surface area contributed by atoms with Gasteiger partial charge in [-0.2, -0.15) is 26.3 Å². The number of carbonyl (C=O) groups is 1. The summed E-state index contributed by atoms with van der Waals surface area (Å²) in [5.74, 6) is -1.60. The number of carbonyl (C=O) groups excluding carboxylic acids is 1. The third-order valence-corrected chi connectivity index (χ3v) is 5.11. The summed E-state index contributed by atoms with van der Waals surface area (Å²) in [4.78, 5) is 12.2. The van der Waals surface area contributed by atoms with Gasteiger partial charge in [0.15, 0.2) is 9.84 Å². The first-order valence-electron chi connectivity index (χ1n) is 8.39. The van der Waals surface area contributed by atoms with E-state index in [9.17, 15) is 39.6 Å². The Hall–Kier alpha value is -3.42. The molecule has 0 fully saturated rings. The van der Waals surface area contributed by atoms with Crippen LogP contribution in [-0.2, 0) is 22.2 Å². The molecule has 7 nitrogen and oxygen atoms in total. The number of halogens is 6. The van der Waals surface area contributed by atoms with E-state index in [0.717, 1.165) is 6.26 Å². The van der Waals surface area contributed by atoms with Crippen LogP contribution in [0.1, 0.15) is 21.5 Å². The summed E-state index contributed by atoms with van der Waals surface area (Å²) in [6.45, 7) is 0. The Bertz CT molecular complexity index is 1250. The number of alkyl halides is 6. The number of amides is 1. The van der Waals surface area contributed by atoms with E-state index in [1.54, 1.807) is 0 Å². The summed E-state index contributed by atoms with van der Waals surface area (Å²) in [6, 6.07) is 5.07. The van der Waals surface area contributed by atoms with Crippen LogP contribution < -0.4 is 5.32 Å². The molecule has 0 aliphatic rings. The van der Waals surface area contributed by atoms with Crippen molar-refractivity contribution in [1.82, 2.24) is 10.2 Å². The number of nitrogens with one attached hydrogen (secondary N) is 1. The number of rotatable bonds is 4. The Morgan fingerprint density at radius 2 is 1.53 bits per heavy atom. The molecule has 1 heterocycles. The molecule has 0 atom stereocenters. The maximum Gasteiger partial charge on any atom is 0.416 e. The first-order valence-corrected chi connectivity index (χ1v) is 10.3. The second kappa shape index (κ2) is 7.93. The number of nitrogens with zero attached hydrogens (tertiary/aromatic N) is 2. The van der Waals surface area contributed by atoms with Crippen LogP contribution in [0.5, 0.6) is 0 Å². The first kappa shape index (κ1) is 23.2. The number of aromatic nitrogens is 2. The predicted octanol–water partition coefficient (Wildman–Crippen LogP) is 4.43. The van der Waals surface area contributed by atoms with Crippen molar-refractivity contribution < 1.29 is 44.0 Å². The molecule has 0 unspecified atom stereocenters. The van der Waals surface area contributed by atoms with Gasteiger partial charge in [-0.25, -0.2) is 8.42 Å². The normalized spacial score (nSPS) is 12.6. The fourth-order valence-corrected chi connectivity index (χ4v) is 3.17. The van der Waals surface area contributed by atoms with Crippen LogP contribution in [0.4, 0.5) is 32.4 Å². The van der Waals surface area contributed by atoms with Crippen molar-refractivity contribution in [2.75, 3.05) is 11.6 Å². The highest BCUT2D eigenvalue weighted by Crippen LogP contribution is 2.36. The largest absolute Gasteiger partial charge is 0.416 e. The molecule has 14 heteroatoms. The summed E-state index contributed by atoms with van der Waals surface area (Å²) in [6.07, 6.45) is -9.28. The zero-order chi connectivity index (χ0) is 23.9. The molecule has 0 spiro atoms. The van der Waals surface area contributed by atoms with Gasteiger partial charge in [-0.3, -0.25) is 10.1 Å². The van der Waals surface area contributed by atoms with Crippen molar-refractivity contribution >= 4 is 21.8 Å². The van der Waals surface area contributed by atoms with Crippen LogP contribution in [-0.4, -0.2) is 30.8 Å². The Labute approximate surface area is 176 Å². The molecule has 0 radical (unpaired) electrons. The summed E-state index contributed by atoms with van der Waals surface area (Å²) in [5, 5.41) is 8.95. The SMILES string of the molecule is CS(=O)(=O)c1cccc(-c2nnc(NC(=O)c3cc(C(F)(F)F)cc(C(F)(F)F)c3)o2)c1. The van der Waals surface area contributed by atoms with Gasteiger partial charge in [0.1, 0.15) is 0 Å². The van der Waals surface area contributed by atoms with E-state index in [4.69, 9.17) is 4.42 Å². The lowest BCUT2D eigenvalue weighted by Gasteiger charge is -2.13. The number of sulfone groups is 1. The molecule has 32 heavy (non-hydrogen) atoms. The van der Waals surface area contributed by atoms with Crippen LogP contribution in [0.25, 0.3) is 11.5 Å². The monoisotopic (exact) mass is 479 g/mol. The number of anilines is 1. The van der Waals surface area contributed by atoms with Crippen molar-refractivity contribution in [3.8, 4) is 11.5 Å². The molecular formula is C18H11F6N3O4S. The molecule has 1 N–H and O–H groups in total. The summed E-state index contributed by atoms with van der Waals surface area (Å²) < 4.78 is 106. The zero-order valence-corrected chi connectivity index (χ0v) is 16.6. The molecule has 1 amide bonds.